The molecule has 0 saturated carbocycles. The van der Waals surface area contributed by atoms with Crippen LogP contribution in [-0.2, 0) is 0 Å². The molecular formula is C16H15N. The second-order valence-corrected chi connectivity index (χ2v) is 3.72. The van der Waals surface area contributed by atoms with E-state index in [9.17, 15) is 0 Å². The molecule has 0 unspecified atom stereocenters. The second-order valence-electron chi connectivity index (χ2n) is 3.72. The van der Waals surface area contributed by atoms with Gasteiger partial charge in [-0.05, 0) is 11.5 Å². The van der Waals surface area contributed by atoms with Gasteiger partial charge in [-0.1, -0.05) is 72.8 Å². The predicted molar refractivity (Wildman–Crippen MR) is 74.8 cm³/mol. The minimum Gasteiger partial charge on any atom is -0.398 e. The lowest BCUT2D eigenvalue weighted by atomic mass is 10.1. The van der Waals surface area contributed by atoms with Crippen molar-refractivity contribution in [1.82, 2.24) is 0 Å². The van der Waals surface area contributed by atoms with Gasteiger partial charge < -0.3 is 5.73 Å². The summed E-state index contributed by atoms with van der Waals surface area (Å²) in [5, 5.41) is 2.34. The summed E-state index contributed by atoms with van der Waals surface area (Å²) in [6.07, 6.45) is 0. The number of nitrogen functional groups attached to an aromatic ring is 1. The molecule has 1 heteroatoms. The molecule has 0 aliphatic carbocycles. The van der Waals surface area contributed by atoms with Crippen molar-refractivity contribution in [3.63, 3.8) is 0 Å². The zero-order chi connectivity index (χ0) is 11.9. The van der Waals surface area contributed by atoms with E-state index >= 15 is 0 Å². The fourth-order valence-corrected chi connectivity index (χ4v) is 1.64. The van der Waals surface area contributed by atoms with Crippen LogP contribution >= 0.6 is 0 Å². The van der Waals surface area contributed by atoms with Gasteiger partial charge in [-0.3, -0.25) is 0 Å². The Hall–Kier alpha value is -2.28. The summed E-state index contributed by atoms with van der Waals surface area (Å²) in [6.45, 7) is 0. The minimum absolute atomic E-state index is 0.850. The highest BCUT2D eigenvalue weighted by atomic mass is 14.5. The van der Waals surface area contributed by atoms with Crippen LogP contribution in [0.25, 0.3) is 10.8 Å². The number of rotatable bonds is 0. The summed E-state index contributed by atoms with van der Waals surface area (Å²) in [4.78, 5) is 0. The standard InChI is InChI=1S/C10H9N.C6H6/c11-10-7-3-5-8-4-1-2-6-9(8)10;1-2-4-6-5-3-1/h1-7H,11H2;1-6H. The SMILES string of the molecule is Nc1cccc2ccccc12.c1ccccc1. The summed E-state index contributed by atoms with van der Waals surface area (Å²) in [7, 11) is 0. The first kappa shape index (κ1) is 11.2. The molecule has 0 fully saturated rings. The van der Waals surface area contributed by atoms with Crippen LogP contribution in [0.4, 0.5) is 5.69 Å². The molecule has 0 amide bonds. The van der Waals surface area contributed by atoms with E-state index in [4.69, 9.17) is 5.73 Å². The van der Waals surface area contributed by atoms with Gasteiger partial charge in [0, 0.05) is 11.1 Å². The zero-order valence-corrected chi connectivity index (χ0v) is 9.58. The van der Waals surface area contributed by atoms with Crippen LogP contribution in [0.1, 0.15) is 0 Å². The lowest BCUT2D eigenvalue weighted by Gasteiger charge is -1.98. The lowest BCUT2D eigenvalue weighted by molar-refractivity contribution is 1.72. The first-order valence-corrected chi connectivity index (χ1v) is 5.61. The molecule has 0 aliphatic rings. The highest BCUT2D eigenvalue weighted by Crippen LogP contribution is 2.19. The van der Waals surface area contributed by atoms with Crippen molar-refractivity contribution in [3.8, 4) is 0 Å². The van der Waals surface area contributed by atoms with E-state index < -0.39 is 0 Å². The topological polar surface area (TPSA) is 26.0 Å². The number of nitrogens with two attached hydrogens (primary N) is 1. The fourth-order valence-electron chi connectivity index (χ4n) is 1.64. The Labute approximate surface area is 102 Å². The Balaban J connectivity index is 0.000000153. The molecule has 0 radical (unpaired) electrons. The Morgan fingerprint density at radius 1 is 0.529 bits per heavy atom. The van der Waals surface area contributed by atoms with E-state index in [1.165, 1.54) is 5.39 Å². The van der Waals surface area contributed by atoms with E-state index in [0.717, 1.165) is 11.1 Å². The molecule has 2 N–H and O–H groups in total. The molecule has 0 aromatic heterocycles. The van der Waals surface area contributed by atoms with Crippen LogP contribution in [0.2, 0.25) is 0 Å². The van der Waals surface area contributed by atoms with Crippen LogP contribution in [0.15, 0.2) is 78.9 Å². The zero-order valence-electron chi connectivity index (χ0n) is 9.58. The number of benzene rings is 3. The first-order valence-electron chi connectivity index (χ1n) is 5.61. The molecule has 17 heavy (non-hydrogen) atoms. The van der Waals surface area contributed by atoms with Crippen molar-refractivity contribution >= 4 is 16.5 Å². The number of hydrogen-bond acceptors (Lipinski definition) is 1. The van der Waals surface area contributed by atoms with E-state index in [2.05, 4.69) is 12.1 Å². The van der Waals surface area contributed by atoms with Gasteiger partial charge in [-0.2, -0.15) is 0 Å². The molecule has 84 valence electrons. The largest absolute Gasteiger partial charge is 0.398 e. The van der Waals surface area contributed by atoms with E-state index in [1.54, 1.807) is 0 Å². The van der Waals surface area contributed by atoms with Crippen LogP contribution in [-0.4, -0.2) is 0 Å². The molecule has 0 aliphatic heterocycles. The van der Waals surface area contributed by atoms with Gasteiger partial charge in [-0.25, -0.2) is 0 Å². The van der Waals surface area contributed by atoms with Gasteiger partial charge in [-0.15, -0.1) is 0 Å². The summed E-state index contributed by atoms with van der Waals surface area (Å²) in [5.74, 6) is 0. The Morgan fingerprint density at radius 3 is 1.65 bits per heavy atom. The van der Waals surface area contributed by atoms with E-state index in [0.29, 0.717) is 0 Å². The Morgan fingerprint density at radius 2 is 1.06 bits per heavy atom. The van der Waals surface area contributed by atoms with Crippen molar-refractivity contribution in [3.05, 3.63) is 78.9 Å². The fraction of sp³-hybridized carbons (Fsp3) is 0. The number of hydrogen-bond donors (Lipinski definition) is 1. The highest BCUT2D eigenvalue weighted by molar-refractivity contribution is 5.92. The molecule has 0 atom stereocenters. The monoisotopic (exact) mass is 221 g/mol. The van der Waals surface area contributed by atoms with Crippen molar-refractivity contribution in [2.75, 3.05) is 5.73 Å². The highest BCUT2D eigenvalue weighted by Gasteiger charge is 1.92. The third-order valence-electron chi connectivity index (χ3n) is 2.49. The molecule has 0 saturated heterocycles. The maximum absolute atomic E-state index is 5.76. The third-order valence-corrected chi connectivity index (χ3v) is 2.49. The summed E-state index contributed by atoms with van der Waals surface area (Å²) < 4.78 is 0. The molecule has 1 nitrogen and oxygen atoms in total. The van der Waals surface area contributed by atoms with Crippen LogP contribution in [0.3, 0.4) is 0 Å². The second kappa shape index (κ2) is 5.71. The maximum atomic E-state index is 5.76. The van der Waals surface area contributed by atoms with Gasteiger partial charge in [0.1, 0.15) is 0 Å². The Kier molecular flexibility index (Phi) is 3.77. The van der Waals surface area contributed by atoms with E-state index in [-0.39, 0.29) is 0 Å². The van der Waals surface area contributed by atoms with Crippen molar-refractivity contribution < 1.29 is 0 Å². The summed E-state index contributed by atoms with van der Waals surface area (Å²) >= 11 is 0. The molecule has 0 bridgehead atoms. The summed E-state index contributed by atoms with van der Waals surface area (Å²) in [5.41, 5.74) is 6.61. The van der Waals surface area contributed by atoms with Crippen molar-refractivity contribution in [2.24, 2.45) is 0 Å². The van der Waals surface area contributed by atoms with Crippen LogP contribution in [0.5, 0.6) is 0 Å². The smallest absolute Gasteiger partial charge is 0.0393 e. The Bertz CT molecular complexity index is 541. The molecular weight excluding hydrogens is 206 g/mol. The molecule has 3 rings (SSSR count). The van der Waals surface area contributed by atoms with Gasteiger partial charge in [0.25, 0.3) is 0 Å². The molecule has 0 heterocycles. The lowest BCUT2D eigenvalue weighted by Crippen LogP contribution is -1.84. The van der Waals surface area contributed by atoms with E-state index in [1.807, 2.05) is 66.7 Å². The van der Waals surface area contributed by atoms with Crippen molar-refractivity contribution in [1.29, 1.82) is 0 Å². The first-order chi connectivity index (χ1) is 8.38. The van der Waals surface area contributed by atoms with Gasteiger partial charge in [0.15, 0.2) is 0 Å². The molecule has 0 spiro atoms. The summed E-state index contributed by atoms with van der Waals surface area (Å²) in [6, 6.07) is 26.1. The average molecular weight is 221 g/mol. The minimum atomic E-state index is 0.850. The normalized spacial score (nSPS) is 9.41. The quantitative estimate of drug-likeness (QED) is 0.568. The maximum Gasteiger partial charge on any atom is 0.0393 e. The third kappa shape index (κ3) is 3.08. The predicted octanol–water partition coefficient (Wildman–Crippen LogP) is 4.11. The molecule has 3 aromatic rings. The average Bonchev–Trinajstić information content (AvgIpc) is 2.42. The van der Waals surface area contributed by atoms with Crippen LogP contribution in [0, 0.1) is 0 Å². The number of fused-ring (bicyclic) bond motifs is 1. The molecule has 3 aromatic carbocycles. The van der Waals surface area contributed by atoms with Gasteiger partial charge >= 0.3 is 0 Å². The van der Waals surface area contributed by atoms with Gasteiger partial charge in [0.2, 0.25) is 0 Å². The number of anilines is 1. The van der Waals surface area contributed by atoms with Crippen molar-refractivity contribution in [2.45, 2.75) is 0 Å². The van der Waals surface area contributed by atoms with Crippen LogP contribution < -0.4 is 5.73 Å². The van der Waals surface area contributed by atoms with Gasteiger partial charge in [0.05, 0.1) is 0 Å².